The summed E-state index contributed by atoms with van der Waals surface area (Å²) in [4.78, 5) is 24.2. The van der Waals surface area contributed by atoms with Crippen LogP contribution in [0.2, 0.25) is 0 Å². The van der Waals surface area contributed by atoms with Crippen LogP contribution in [0.15, 0.2) is 33.2 Å². The van der Waals surface area contributed by atoms with Crippen molar-refractivity contribution in [3.05, 3.63) is 34.5 Å². The molecule has 0 spiro atoms. The van der Waals surface area contributed by atoms with E-state index in [0.29, 0.717) is 22.7 Å². The molecule has 9 heteroatoms. The molecule has 0 bridgehead atoms. The number of amides is 1. The number of likely N-dealkylation sites (tertiary alicyclic amines) is 1. The zero-order valence-corrected chi connectivity index (χ0v) is 15.1. The van der Waals surface area contributed by atoms with E-state index in [1.807, 2.05) is 24.3 Å². The lowest BCUT2D eigenvalue weighted by atomic mass is 10.1. The van der Waals surface area contributed by atoms with E-state index in [-0.39, 0.29) is 19.6 Å². The number of rotatable bonds is 5. The lowest BCUT2D eigenvalue weighted by Crippen LogP contribution is -2.35. The number of esters is 1. The number of ether oxygens (including phenoxy) is 1. The Morgan fingerprint density at radius 1 is 1.35 bits per heavy atom. The number of carbonyl (C=O) groups is 2. The molecule has 0 aliphatic carbocycles. The number of halogens is 4. The third kappa shape index (κ3) is 4.57. The highest BCUT2D eigenvalue weighted by Gasteiger charge is 2.41. The molecular weight excluding hydrogens is 419 g/mol. The van der Waals surface area contributed by atoms with Crippen molar-refractivity contribution >= 4 is 38.8 Å². The molecule has 0 unspecified atom stereocenters. The maximum absolute atomic E-state index is 12.4. The van der Waals surface area contributed by atoms with Crippen LogP contribution >= 0.6 is 15.9 Å². The molecule has 0 saturated carbocycles. The first-order chi connectivity index (χ1) is 12.2. The first-order valence-electron chi connectivity index (χ1n) is 7.90. The Balaban J connectivity index is 1.50. The van der Waals surface area contributed by atoms with E-state index in [2.05, 4.69) is 15.9 Å². The Labute approximate surface area is 155 Å². The van der Waals surface area contributed by atoms with Crippen molar-refractivity contribution < 1.29 is 31.9 Å². The van der Waals surface area contributed by atoms with Crippen molar-refractivity contribution in [1.29, 1.82) is 0 Å². The second-order valence-electron chi connectivity index (χ2n) is 6.10. The topological polar surface area (TPSA) is 59.8 Å². The molecule has 2 aromatic rings. The minimum absolute atomic E-state index is 0.0315. The largest absolute Gasteiger partial charge is 0.465 e. The fourth-order valence-corrected chi connectivity index (χ4v) is 3.24. The SMILES string of the molecule is O=C(OCCc1cc2cc(Br)ccc2o1)[C@H]1CC(=O)N(CC(F)(F)F)C1. The fraction of sp³-hybridized carbons (Fsp3) is 0.412. The van der Waals surface area contributed by atoms with Crippen LogP contribution in [-0.4, -0.2) is 42.6 Å². The van der Waals surface area contributed by atoms with Crippen LogP contribution in [0.1, 0.15) is 12.2 Å². The van der Waals surface area contributed by atoms with Gasteiger partial charge < -0.3 is 14.1 Å². The Morgan fingerprint density at radius 2 is 2.12 bits per heavy atom. The number of hydrogen-bond donors (Lipinski definition) is 0. The Morgan fingerprint density at radius 3 is 2.85 bits per heavy atom. The molecule has 1 aromatic carbocycles. The summed E-state index contributed by atoms with van der Waals surface area (Å²) in [5.41, 5.74) is 0.707. The van der Waals surface area contributed by atoms with Gasteiger partial charge in [-0.05, 0) is 24.3 Å². The van der Waals surface area contributed by atoms with E-state index in [1.165, 1.54) is 0 Å². The van der Waals surface area contributed by atoms with Crippen LogP contribution in [0.25, 0.3) is 11.0 Å². The summed E-state index contributed by atoms with van der Waals surface area (Å²) >= 11 is 3.37. The fourth-order valence-electron chi connectivity index (χ4n) is 2.86. The molecule has 26 heavy (non-hydrogen) atoms. The molecular formula is C17H15BrF3NO4. The third-order valence-corrected chi connectivity index (χ3v) is 4.53. The van der Waals surface area contributed by atoms with Gasteiger partial charge in [-0.3, -0.25) is 9.59 Å². The Kier molecular flexibility index (Phi) is 5.27. The molecule has 5 nitrogen and oxygen atoms in total. The zero-order valence-electron chi connectivity index (χ0n) is 13.5. The number of carbonyl (C=O) groups excluding carboxylic acids is 2. The molecule has 0 N–H and O–H groups in total. The Hall–Kier alpha value is -2.03. The Bertz CT molecular complexity index is 833. The highest BCUT2D eigenvalue weighted by molar-refractivity contribution is 9.10. The smallest absolute Gasteiger partial charge is 0.406 e. The molecule has 3 rings (SSSR count). The van der Waals surface area contributed by atoms with Gasteiger partial charge in [-0.1, -0.05) is 15.9 Å². The summed E-state index contributed by atoms with van der Waals surface area (Å²) in [5.74, 6) is -1.59. The van der Waals surface area contributed by atoms with Crippen molar-refractivity contribution in [2.24, 2.45) is 5.92 Å². The van der Waals surface area contributed by atoms with E-state index < -0.39 is 30.5 Å². The van der Waals surface area contributed by atoms with E-state index in [1.54, 1.807) is 0 Å². The van der Waals surface area contributed by atoms with E-state index in [4.69, 9.17) is 9.15 Å². The van der Waals surface area contributed by atoms with Crippen LogP contribution in [-0.2, 0) is 20.7 Å². The second kappa shape index (κ2) is 7.30. The molecule has 1 amide bonds. The third-order valence-electron chi connectivity index (χ3n) is 4.04. The molecule has 1 atom stereocenters. The molecule has 140 valence electrons. The van der Waals surface area contributed by atoms with Crippen LogP contribution in [0, 0.1) is 5.92 Å². The van der Waals surface area contributed by atoms with Gasteiger partial charge in [0.15, 0.2) is 0 Å². The van der Waals surface area contributed by atoms with Crippen molar-refractivity contribution in [2.75, 3.05) is 19.7 Å². The first-order valence-corrected chi connectivity index (χ1v) is 8.70. The lowest BCUT2D eigenvalue weighted by molar-refractivity contribution is -0.158. The standard InChI is InChI=1S/C17H15BrF3NO4/c18-12-1-2-14-10(5-12)6-13(26-14)3-4-25-16(24)11-7-15(23)22(8-11)9-17(19,20)21/h1-2,5-6,11H,3-4,7-9H2/t11-/m0/s1. The molecule has 1 fully saturated rings. The molecule has 1 aliphatic heterocycles. The summed E-state index contributed by atoms with van der Waals surface area (Å²) in [6, 6.07) is 7.39. The highest BCUT2D eigenvalue weighted by Crippen LogP contribution is 2.25. The van der Waals surface area contributed by atoms with Gasteiger partial charge in [0.05, 0.1) is 12.5 Å². The van der Waals surface area contributed by atoms with Crippen LogP contribution < -0.4 is 0 Å². The highest BCUT2D eigenvalue weighted by atomic mass is 79.9. The van der Waals surface area contributed by atoms with E-state index in [9.17, 15) is 22.8 Å². The predicted octanol–water partition coefficient (Wildman–Crippen LogP) is 3.69. The molecule has 1 aliphatic rings. The van der Waals surface area contributed by atoms with E-state index >= 15 is 0 Å². The van der Waals surface area contributed by atoms with Crippen LogP contribution in [0.4, 0.5) is 13.2 Å². The number of benzene rings is 1. The van der Waals surface area contributed by atoms with Gasteiger partial charge in [0.25, 0.3) is 0 Å². The van der Waals surface area contributed by atoms with Crippen molar-refractivity contribution in [3.8, 4) is 0 Å². The number of alkyl halides is 3. The minimum Gasteiger partial charge on any atom is -0.465 e. The molecule has 0 radical (unpaired) electrons. The minimum atomic E-state index is -4.48. The van der Waals surface area contributed by atoms with Gasteiger partial charge in [-0.15, -0.1) is 0 Å². The summed E-state index contributed by atoms with van der Waals surface area (Å²) in [6.45, 7) is -1.58. The molecule has 2 heterocycles. The monoisotopic (exact) mass is 433 g/mol. The second-order valence-corrected chi connectivity index (χ2v) is 7.02. The molecule has 1 saturated heterocycles. The van der Waals surface area contributed by atoms with Crippen molar-refractivity contribution in [3.63, 3.8) is 0 Å². The summed E-state index contributed by atoms with van der Waals surface area (Å²) in [5, 5.41) is 0.907. The number of nitrogens with zero attached hydrogens (tertiary/aromatic N) is 1. The zero-order chi connectivity index (χ0) is 18.9. The first kappa shape index (κ1) is 18.8. The average Bonchev–Trinajstić information content (AvgIpc) is 3.09. The van der Waals surface area contributed by atoms with Gasteiger partial charge in [-0.25, -0.2) is 0 Å². The summed E-state index contributed by atoms with van der Waals surface area (Å²) in [6.07, 6.45) is -4.40. The van der Waals surface area contributed by atoms with Gasteiger partial charge in [0.2, 0.25) is 5.91 Å². The quantitative estimate of drug-likeness (QED) is 0.674. The van der Waals surface area contributed by atoms with Gasteiger partial charge >= 0.3 is 12.1 Å². The number of fused-ring (bicyclic) bond motifs is 1. The average molecular weight is 434 g/mol. The van der Waals surface area contributed by atoms with Crippen LogP contribution in [0.5, 0.6) is 0 Å². The van der Waals surface area contributed by atoms with Crippen LogP contribution in [0.3, 0.4) is 0 Å². The summed E-state index contributed by atoms with van der Waals surface area (Å²) < 4.78 is 48.8. The van der Waals surface area contributed by atoms with Crippen molar-refractivity contribution in [2.45, 2.75) is 19.0 Å². The maximum Gasteiger partial charge on any atom is 0.406 e. The summed E-state index contributed by atoms with van der Waals surface area (Å²) in [7, 11) is 0. The van der Waals surface area contributed by atoms with Crippen molar-refractivity contribution in [1.82, 2.24) is 4.90 Å². The van der Waals surface area contributed by atoms with Gasteiger partial charge in [0, 0.05) is 29.2 Å². The normalized spacial score (nSPS) is 17.9. The van der Waals surface area contributed by atoms with Gasteiger partial charge in [0.1, 0.15) is 17.9 Å². The number of hydrogen-bond acceptors (Lipinski definition) is 4. The lowest BCUT2D eigenvalue weighted by Gasteiger charge is -2.18. The predicted molar refractivity (Wildman–Crippen MR) is 89.3 cm³/mol. The number of furan rings is 1. The van der Waals surface area contributed by atoms with E-state index in [0.717, 1.165) is 9.86 Å². The van der Waals surface area contributed by atoms with Gasteiger partial charge in [-0.2, -0.15) is 13.2 Å². The maximum atomic E-state index is 12.4. The molecule has 1 aromatic heterocycles.